The summed E-state index contributed by atoms with van der Waals surface area (Å²) in [6, 6.07) is 15.9. The molecule has 0 fully saturated rings. The Kier molecular flexibility index (Phi) is 2.99. The highest BCUT2D eigenvalue weighted by Gasteiger charge is 2.11. The van der Waals surface area contributed by atoms with E-state index in [-0.39, 0.29) is 5.56 Å². The van der Waals surface area contributed by atoms with Gasteiger partial charge in [0, 0.05) is 20.9 Å². The Hall–Kier alpha value is -1.87. The van der Waals surface area contributed by atoms with Crippen LogP contribution in [0, 0.1) is 6.92 Å². The monoisotopic (exact) mass is 313 g/mol. The van der Waals surface area contributed by atoms with Gasteiger partial charge in [0.05, 0.1) is 0 Å². The van der Waals surface area contributed by atoms with E-state index in [1.54, 1.807) is 0 Å². The van der Waals surface area contributed by atoms with Gasteiger partial charge in [-0.05, 0) is 36.2 Å². The van der Waals surface area contributed by atoms with Crippen molar-refractivity contribution in [3.05, 3.63) is 68.9 Å². The van der Waals surface area contributed by atoms with Gasteiger partial charge in [-0.2, -0.15) is 0 Å². The Labute approximate surface area is 119 Å². The zero-order chi connectivity index (χ0) is 13.4. The van der Waals surface area contributed by atoms with Gasteiger partial charge in [-0.15, -0.1) is 0 Å². The fraction of sp³-hybridized carbons (Fsp3) is 0.0625. The van der Waals surface area contributed by atoms with Crippen molar-refractivity contribution in [2.24, 2.45) is 0 Å². The molecular formula is C16H12BrNO. The van der Waals surface area contributed by atoms with Crippen LogP contribution in [-0.4, -0.2) is 4.98 Å². The molecule has 3 rings (SSSR count). The number of H-pyrrole nitrogens is 1. The van der Waals surface area contributed by atoms with Crippen molar-refractivity contribution < 1.29 is 0 Å². The van der Waals surface area contributed by atoms with E-state index in [1.165, 1.54) is 0 Å². The number of aromatic nitrogens is 1. The molecule has 2 nitrogen and oxygen atoms in total. The summed E-state index contributed by atoms with van der Waals surface area (Å²) in [6.45, 7) is 1.86. The highest BCUT2D eigenvalue weighted by Crippen LogP contribution is 2.30. The van der Waals surface area contributed by atoms with E-state index in [0.29, 0.717) is 0 Å². The Balaban J connectivity index is 2.48. The molecule has 0 amide bonds. The molecule has 3 heteroatoms. The van der Waals surface area contributed by atoms with Gasteiger partial charge in [0.25, 0.3) is 5.56 Å². The molecule has 1 heterocycles. The fourth-order valence-electron chi connectivity index (χ4n) is 2.34. The molecule has 0 atom stereocenters. The first-order chi connectivity index (χ1) is 9.16. The van der Waals surface area contributed by atoms with Crippen molar-refractivity contribution in [2.75, 3.05) is 0 Å². The second-order valence-electron chi connectivity index (χ2n) is 4.51. The average molecular weight is 314 g/mol. The second kappa shape index (κ2) is 4.67. The van der Waals surface area contributed by atoms with Crippen LogP contribution in [0.4, 0.5) is 0 Å². The zero-order valence-electron chi connectivity index (χ0n) is 10.4. The third-order valence-corrected chi connectivity index (χ3v) is 3.77. The predicted molar refractivity (Wildman–Crippen MR) is 82.4 cm³/mol. The summed E-state index contributed by atoms with van der Waals surface area (Å²) in [4.78, 5) is 15.0. The normalized spacial score (nSPS) is 10.8. The van der Waals surface area contributed by atoms with E-state index in [9.17, 15) is 4.79 Å². The molecule has 19 heavy (non-hydrogen) atoms. The summed E-state index contributed by atoms with van der Waals surface area (Å²) in [7, 11) is 0. The van der Waals surface area contributed by atoms with Crippen LogP contribution in [0.25, 0.3) is 22.0 Å². The van der Waals surface area contributed by atoms with Crippen LogP contribution in [0.2, 0.25) is 0 Å². The van der Waals surface area contributed by atoms with Crippen molar-refractivity contribution >= 4 is 26.8 Å². The summed E-state index contributed by atoms with van der Waals surface area (Å²) < 4.78 is 1.00. The van der Waals surface area contributed by atoms with Crippen LogP contribution in [0.5, 0.6) is 0 Å². The van der Waals surface area contributed by atoms with E-state index < -0.39 is 0 Å². The van der Waals surface area contributed by atoms with Crippen LogP contribution < -0.4 is 5.56 Å². The first-order valence-electron chi connectivity index (χ1n) is 6.04. The minimum Gasteiger partial charge on any atom is -0.322 e. The predicted octanol–water partition coefficient (Wildman–Crippen LogP) is 4.27. The average Bonchev–Trinajstić information content (AvgIpc) is 2.42. The highest BCUT2D eigenvalue weighted by molar-refractivity contribution is 9.10. The van der Waals surface area contributed by atoms with Crippen LogP contribution in [0.3, 0.4) is 0 Å². The first-order valence-corrected chi connectivity index (χ1v) is 6.83. The fourth-order valence-corrected chi connectivity index (χ4v) is 2.70. The van der Waals surface area contributed by atoms with Gasteiger partial charge in [0.1, 0.15) is 0 Å². The molecule has 0 saturated heterocycles. The number of aromatic amines is 1. The maximum absolute atomic E-state index is 12.0. The molecular weight excluding hydrogens is 302 g/mol. The van der Waals surface area contributed by atoms with Crippen LogP contribution in [-0.2, 0) is 0 Å². The van der Waals surface area contributed by atoms with Gasteiger partial charge < -0.3 is 4.98 Å². The molecule has 0 unspecified atom stereocenters. The van der Waals surface area contributed by atoms with E-state index in [4.69, 9.17) is 0 Å². The lowest BCUT2D eigenvalue weighted by atomic mass is 9.97. The minimum atomic E-state index is -0.0336. The summed E-state index contributed by atoms with van der Waals surface area (Å²) in [5, 5.41) is 1.05. The standard InChI is InChI=1S/C16H12BrNO/c1-10-15(11-5-3-2-4-6-11)13-9-12(17)7-8-14(13)18-16(10)19/h2-9H,1H3,(H,18,19). The lowest BCUT2D eigenvalue weighted by Crippen LogP contribution is -2.11. The van der Waals surface area contributed by atoms with Crippen LogP contribution in [0.15, 0.2) is 57.8 Å². The maximum Gasteiger partial charge on any atom is 0.251 e. The summed E-state index contributed by atoms with van der Waals surface area (Å²) in [5.74, 6) is 0. The number of hydrogen-bond donors (Lipinski definition) is 1. The number of fused-ring (bicyclic) bond motifs is 1. The molecule has 0 bridgehead atoms. The van der Waals surface area contributed by atoms with E-state index in [2.05, 4.69) is 20.9 Å². The minimum absolute atomic E-state index is 0.0336. The molecule has 2 aromatic carbocycles. The molecule has 0 aliphatic carbocycles. The van der Waals surface area contributed by atoms with Crippen molar-refractivity contribution in [1.29, 1.82) is 0 Å². The Morgan fingerprint density at radius 3 is 2.53 bits per heavy atom. The lowest BCUT2D eigenvalue weighted by Gasteiger charge is -2.10. The van der Waals surface area contributed by atoms with E-state index in [1.807, 2.05) is 55.5 Å². The van der Waals surface area contributed by atoms with Crippen LogP contribution >= 0.6 is 15.9 Å². The SMILES string of the molecule is Cc1c(-c2ccccc2)c2cc(Br)ccc2[nH]c1=O. The number of halogens is 1. The van der Waals surface area contributed by atoms with Gasteiger partial charge in [0.15, 0.2) is 0 Å². The topological polar surface area (TPSA) is 32.9 Å². The van der Waals surface area contributed by atoms with Gasteiger partial charge in [-0.1, -0.05) is 46.3 Å². The molecule has 0 aliphatic heterocycles. The van der Waals surface area contributed by atoms with Gasteiger partial charge in [-0.3, -0.25) is 4.79 Å². The summed E-state index contributed by atoms with van der Waals surface area (Å²) in [6.07, 6.45) is 0. The van der Waals surface area contributed by atoms with Gasteiger partial charge in [-0.25, -0.2) is 0 Å². The molecule has 1 N–H and O–H groups in total. The van der Waals surface area contributed by atoms with Gasteiger partial charge in [0.2, 0.25) is 0 Å². The largest absolute Gasteiger partial charge is 0.322 e. The first kappa shape index (κ1) is 12.2. The van der Waals surface area contributed by atoms with Crippen molar-refractivity contribution in [2.45, 2.75) is 6.92 Å². The smallest absolute Gasteiger partial charge is 0.251 e. The number of hydrogen-bond acceptors (Lipinski definition) is 1. The molecule has 0 saturated carbocycles. The molecule has 0 spiro atoms. The maximum atomic E-state index is 12.0. The third kappa shape index (κ3) is 2.10. The molecule has 0 aliphatic rings. The summed E-state index contributed by atoms with van der Waals surface area (Å²) in [5.41, 5.74) is 3.64. The van der Waals surface area contributed by atoms with Crippen LogP contribution in [0.1, 0.15) is 5.56 Å². The number of pyridine rings is 1. The van der Waals surface area contributed by atoms with Crippen molar-refractivity contribution in [3.63, 3.8) is 0 Å². The van der Waals surface area contributed by atoms with E-state index >= 15 is 0 Å². The van der Waals surface area contributed by atoms with Crippen molar-refractivity contribution in [3.8, 4) is 11.1 Å². The molecule has 1 aromatic heterocycles. The number of rotatable bonds is 1. The quantitative estimate of drug-likeness (QED) is 0.715. The van der Waals surface area contributed by atoms with Gasteiger partial charge >= 0.3 is 0 Å². The summed E-state index contributed by atoms with van der Waals surface area (Å²) >= 11 is 3.49. The third-order valence-electron chi connectivity index (χ3n) is 3.28. The highest BCUT2D eigenvalue weighted by atomic mass is 79.9. The number of nitrogens with one attached hydrogen (secondary N) is 1. The molecule has 94 valence electrons. The van der Waals surface area contributed by atoms with Crippen molar-refractivity contribution in [1.82, 2.24) is 4.98 Å². The molecule has 0 radical (unpaired) electrons. The molecule has 3 aromatic rings. The zero-order valence-corrected chi connectivity index (χ0v) is 12.0. The van der Waals surface area contributed by atoms with E-state index in [0.717, 1.165) is 32.1 Å². The number of benzene rings is 2. The Morgan fingerprint density at radius 1 is 1.05 bits per heavy atom. The Morgan fingerprint density at radius 2 is 1.79 bits per heavy atom. The second-order valence-corrected chi connectivity index (χ2v) is 5.43. The lowest BCUT2D eigenvalue weighted by molar-refractivity contribution is 1.24. The Bertz CT molecular complexity index is 806.